The first-order valence-electron chi connectivity index (χ1n) is 6.38. The summed E-state index contributed by atoms with van der Waals surface area (Å²) in [6.45, 7) is 0.573. The highest BCUT2D eigenvalue weighted by molar-refractivity contribution is 7.19. The van der Waals surface area contributed by atoms with Crippen LogP contribution in [-0.2, 0) is 22.3 Å². The quantitative estimate of drug-likeness (QED) is 0.850. The predicted molar refractivity (Wildman–Crippen MR) is 75.7 cm³/mol. The van der Waals surface area contributed by atoms with Gasteiger partial charge in [0.2, 0.25) is 0 Å². The van der Waals surface area contributed by atoms with Gasteiger partial charge in [0.25, 0.3) is 0 Å². The number of methoxy groups -OCH3 is 2. The third kappa shape index (κ3) is 2.31. The SMILES string of the molecule is COC(CNc1ncnc2sc3c(c12)CCC3)OC. The van der Waals surface area contributed by atoms with Crippen molar-refractivity contribution in [3.8, 4) is 0 Å². The van der Waals surface area contributed by atoms with Crippen molar-refractivity contribution in [2.45, 2.75) is 25.6 Å². The molecule has 0 spiro atoms. The van der Waals surface area contributed by atoms with Crippen molar-refractivity contribution in [3.63, 3.8) is 0 Å². The maximum atomic E-state index is 5.18. The molecule has 5 nitrogen and oxygen atoms in total. The van der Waals surface area contributed by atoms with E-state index in [1.165, 1.54) is 28.7 Å². The van der Waals surface area contributed by atoms with Gasteiger partial charge in [-0.2, -0.15) is 0 Å². The van der Waals surface area contributed by atoms with Crippen molar-refractivity contribution in [1.82, 2.24) is 9.97 Å². The van der Waals surface area contributed by atoms with Crippen molar-refractivity contribution < 1.29 is 9.47 Å². The molecule has 0 unspecified atom stereocenters. The van der Waals surface area contributed by atoms with E-state index in [9.17, 15) is 0 Å². The minimum atomic E-state index is -0.267. The maximum absolute atomic E-state index is 5.18. The zero-order valence-electron chi connectivity index (χ0n) is 11.1. The molecule has 1 aliphatic rings. The summed E-state index contributed by atoms with van der Waals surface area (Å²) in [5.41, 5.74) is 1.43. The summed E-state index contributed by atoms with van der Waals surface area (Å²) in [6, 6.07) is 0. The molecule has 2 aromatic rings. The van der Waals surface area contributed by atoms with E-state index in [4.69, 9.17) is 9.47 Å². The van der Waals surface area contributed by atoms with E-state index in [-0.39, 0.29) is 6.29 Å². The molecular formula is C13H17N3O2S. The Bertz CT molecular complexity index is 581. The molecule has 1 N–H and O–H groups in total. The van der Waals surface area contributed by atoms with Crippen molar-refractivity contribution in [2.75, 3.05) is 26.1 Å². The van der Waals surface area contributed by atoms with Gasteiger partial charge < -0.3 is 14.8 Å². The average Bonchev–Trinajstić information content (AvgIpc) is 3.00. The molecule has 102 valence electrons. The minimum Gasteiger partial charge on any atom is -0.364 e. The minimum absolute atomic E-state index is 0.267. The number of ether oxygens (including phenoxy) is 2. The fourth-order valence-corrected chi connectivity index (χ4v) is 3.73. The Morgan fingerprint density at radius 3 is 2.95 bits per heavy atom. The van der Waals surface area contributed by atoms with Gasteiger partial charge in [0, 0.05) is 19.1 Å². The fourth-order valence-electron chi connectivity index (χ4n) is 2.51. The topological polar surface area (TPSA) is 56.3 Å². The van der Waals surface area contributed by atoms with Gasteiger partial charge in [-0.3, -0.25) is 0 Å². The summed E-state index contributed by atoms with van der Waals surface area (Å²) in [7, 11) is 3.27. The molecule has 0 bridgehead atoms. The van der Waals surface area contributed by atoms with Crippen LogP contribution < -0.4 is 5.32 Å². The van der Waals surface area contributed by atoms with E-state index in [0.29, 0.717) is 6.54 Å². The molecule has 3 rings (SSSR count). The number of hydrogen-bond acceptors (Lipinski definition) is 6. The van der Waals surface area contributed by atoms with Crippen molar-refractivity contribution >= 4 is 27.4 Å². The number of rotatable bonds is 5. The lowest BCUT2D eigenvalue weighted by atomic mass is 10.2. The first kappa shape index (κ1) is 12.8. The van der Waals surface area contributed by atoms with Crippen molar-refractivity contribution in [1.29, 1.82) is 0 Å². The third-order valence-electron chi connectivity index (χ3n) is 3.46. The average molecular weight is 279 g/mol. The van der Waals surface area contributed by atoms with Crippen LogP contribution in [0.4, 0.5) is 5.82 Å². The number of thiophene rings is 1. The Morgan fingerprint density at radius 2 is 2.16 bits per heavy atom. The van der Waals surface area contributed by atoms with Crippen LogP contribution in [0.2, 0.25) is 0 Å². The van der Waals surface area contributed by atoms with Gasteiger partial charge in [-0.25, -0.2) is 9.97 Å². The summed E-state index contributed by atoms with van der Waals surface area (Å²) in [6.07, 6.45) is 4.90. The molecule has 0 radical (unpaired) electrons. The molecule has 2 heterocycles. The molecule has 2 aromatic heterocycles. The lowest BCUT2D eigenvalue weighted by molar-refractivity contribution is -0.0914. The zero-order valence-corrected chi connectivity index (χ0v) is 11.9. The highest BCUT2D eigenvalue weighted by Gasteiger charge is 2.21. The normalized spacial score (nSPS) is 14.3. The second-order valence-corrected chi connectivity index (χ2v) is 5.63. The van der Waals surface area contributed by atoms with Gasteiger partial charge in [0.15, 0.2) is 6.29 Å². The first-order valence-corrected chi connectivity index (χ1v) is 7.20. The second-order valence-electron chi connectivity index (χ2n) is 4.54. The summed E-state index contributed by atoms with van der Waals surface area (Å²) in [4.78, 5) is 11.3. The number of aryl methyl sites for hydroxylation is 2. The Hall–Kier alpha value is -1.24. The first-order chi connectivity index (χ1) is 9.33. The van der Waals surface area contributed by atoms with Crippen LogP contribution >= 0.6 is 11.3 Å². The number of nitrogens with one attached hydrogen (secondary N) is 1. The molecule has 0 amide bonds. The maximum Gasteiger partial charge on any atom is 0.173 e. The predicted octanol–water partition coefficient (Wildman–Crippen LogP) is 2.21. The Balaban J connectivity index is 1.90. The smallest absolute Gasteiger partial charge is 0.173 e. The zero-order chi connectivity index (χ0) is 13.2. The Morgan fingerprint density at radius 1 is 1.32 bits per heavy atom. The van der Waals surface area contributed by atoms with Crippen LogP contribution in [0.5, 0.6) is 0 Å². The summed E-state index contributed by atoms with van der Waals surface area (Å²) in [5, 5.41) is 4.50. The summed E-state index contributed by atoms with van der Waals surface area (Å²) < 4.78 is 10.4. The van der Waals surface area contributed by atoms with Crippen molar-refractivity contribution in [2.24, 2.45) is 0 Å². The highest BCUT2D eigenvalue weighted by Crippen LogP contribution is 2.38. The van der Waals surface area contributed by atoms with Crippen LogP contribution in [0.3, 0.4) is 0 Å². The molecular weight excluding hydrogens is 262 g/mol. The summed E-state index contributed by atoms with van der Waals surface area (Å²) >= 11 is 1.79. The molecule has 0 fully saturated rings. The summed E-state index contributed by atoms with van der Waals surface area (Å²) in [5.74, 6) is 0.892. The van der Waals surface area contributed by atoms with E-state index in [1.54, 1.807) is 31.9 Å². The van der Waals surface area contributed by atoms with Crippen LogP contribution in [0.1, 0.15) is 16.9 Å². The van der Waals surface area contributed by atoms with E-state index in [1.807, 2.05) is 0 Å². The monoisotopic (exact) mass is 279 g/mol. The van der Waals surface area contributed by atoms with Crippen molar-refractivity contribution in [3.05, 3.63) is 16.8 Å². The van der Waals surface area contributed by atoms with E-state index >= 15 is 0 Å². The van der Waals surface area contributed by atoms with Crippen LogP contribution in [0.25, 0.3) is 10.2 Å². The van der Waals surface area contributed by atoms with E-state index in [0.717, 1.165) is 17.1 Å². The van der Waals surface area contributed by atoms with Crippen LogP contribution in [0, 0.1) is 0 Å². The number of fused-ring (bicyclic) bond motifs is 3. The van der Waals surface area contributed by atoms with Gasteiger partial charge in [-0.05, 0) is 24.8 Å². The van der Waals surface area contributed by atoms with Gasteiger partial charge in [0.1, 0.15) is 17.0 Å². The van der Waals surface area contributed by atoms with Gasteiger partial charge >= 0.3 is 0 Å². The van der Waals surface area contributed by atoms with E-state index in [2.05, 4.69) is 15.3 Å². The molecule has 0 aliphatic heterocycles. The molecule has 6 heteroatoms. The highest BCUT2D eigenvalue weighted by atomic mass is 32.1. The Labute approximate surface area is 116 Å². The lowest BCUT2D eigenvalue weighted by Crippen LogP contribution is -2.24. The second kappa shape index (κ2) is 5.40. The molecule has 0 atom stereocenters. The van der Waals surface area contributed by atoms with Crippen LogP contribution in [0.15, 0.2) is 6.33 Å². The number of hydrogen-bond donors (Lipinski definition) is 1. The molecule has 0 saturated heterocycles. The van der Waals surface area contributed by atoms with Crippen LogP contribution in [-0.4, -0.2) is 37.0 Å². The fraction of sp³-hybridized carbons (Fsp3) is 0.538. The van der Waals surface area contributed by atoms with E-state index < -0.39 is 0 Å². The molecule has 1 aliphatic carbocycles. The largest absolute Gasteiger partial charge is 0.364 e. The lowest BCUT2D eigenvalue weighted by Gasteiger charge is -2.15. The van der Waals surface area contributed by atoms with Gasteiger partial charge in [-0.15, -0.1) is 11.3 Å². The van der Waals surface area contributed by atoms with Gasteiger partial charge in [0.05, 0.1) is 11.9 Å². The van der Waals surface area contributed by atoms with Gasteiger partial charge in [-0.1, -0.05) is 0 Å². The number of anilines is 1. The number of aromatic nitrogens is 2. The molecule has 19 heavy (non-hydrogen) atoms. The standard InChI is InChI=1S/C13H17N3O2S/c1-17-10(18-2)6-14-12-11-8-4-3-5-9(8)19-13(11)16-7-15-12/h7,10H,3-6H2,1-2H3,(H,14,15,16). The Kier molecular flexibility index (Phi) is 3.63. The molecule has 0 saturated carbocycles. The molecule has 0 aromatic carbocycles. The number of nitrogens with zero attached hydrogens (tertiary/aromatic N) is 2. The third-order valence-corrected chi connectivity index (χ3v) is 4.66.